The van der Waals surface area contributed by atoms with Gasteiger partial charge in [-0.15, -0.1) is 0 Å². The van der Waals surface area contributed by atoms with Gasteiger partial charge in [-0.3, -0.25) is 9.69 Å². The smallest absolute Gasteiger partial charge is 0.326 e. The number of nitrogens with zero attached hydrogens (tertiary/aromatic N) is 1. The summed E-state index contributed by atoms with van der Waals surface area (Å²) >= 11 is 0. The Kier molecular flexibility index (Phi) is 7.06. The van der Waals surface area contributed by atoms with Crippen molar-refractivity contribution in [1.29, 1.82) is 0 Å². The molecule has 1 aliphatic rings. The second kappa shape index (κ2) is 9.04. The van der Waals surface area contributed by atoms with Crippen LogP contribution in [0.4, 0.5) is 0 Å². The molecule has 0 aromatic heterocycles. The molecule has 4 nitrogen and oxygen atoms in total. The van der Waals surface area contributed by atoms with Crippen LogP contribution in [0, 0.1) is 0 Å². The topological polar surface area (TPSA) is 55.6 Å². The zero-order valence-electron chi connectivity index (χ0n) is 14.3. The molecule has 23 heavy (non-hydrogen) atoms. The number of hydrogen-bond donors (Lipinski definition) is 1. The molecule has 0 bridgehead atoms. The van der Waals surface area contributed by atoms with E-state index in [0.717, 1.165) is 32.5 Å². The molecule has 1 aliphatic heterocycles. The van der Waals surface area contributed by atoms with Crippen LogP contribution in [0.2, 0.25) is 0 Å². The van der Waals surface area contributed by atoms with Crippen molar-refractivity contribution in [2.45, 2.75) is 57.5 Å². The Morgan fingerprint density at radius 2 is 1.87 bits per heavy atom. The van der Waals surface area contributed by atoms with Gasteiger partial charge in [0.25, 0.3) is 0 Å². The number of piperidine rings is 1. The molecular formula is C19H30N2O2. The molecule has 2 rings (SSSR count). The van der Waals surface area contributed by atoms with Gasteiger partial charge >= 0.3 is 5.97 Å². The van der Waals surface area contributed by atoms with E-state index in [9.17, 15) is 4.79 Å². The van der Waals surface area contributed by atoms with Gasteiger partial charge in [0.1, 0.15) is 5.54 Å². The van der Waals surface area contributed by atoms with Gasteiger partial charge in [0.2, 0.25) is 0 Å². The highest BCUT2D eigenvalue weighted by atomic mass is 16.5. The molecule has 0 amide bonds. The van der Waals surface area contributed by atoms with Crippen LogP contribution in [0.3, 0.4) is 0 Å². The number of unbranched alkanes of at least 4 members (excludes halogenated alkanes) is 3. The third-order valence-electron chi connectivity index (χ3n) is 4.63. The normalized spacial score (nSPS) is 17.8. The predicted octanol–water partition coefficient (Wildman–Crippen LogP) is 3.10. The molecule has 0 saturated carbocycles. The van der Waals surface area contributed by atoms with Crippen LogP contribution in [-0.2, 0) is 16.1 Å². The zero-order valence-corrected chi connectivity index (χ0v) is 14.3. The minimum absolute atomic E-state index is 0.214. The fraction of sp³-hybridized carbons (Fsp3) is 0.632. The largest absolute Gasteiger partial charge is 0.464 e. The number of carbonyl (C=O) groups excluding carboxylic acids is 1. The molecule has 1 aromatic carbocycles. The van der Waals surface area contributed by atoms with Crippen LogP contribution >= 0.6 is 0 Å². The van der Waals surface area contributed by atoms with Crippen molar-refractivity contribution in [3.63, 3.8) is 0 Å². The average molecular weight is 318 g/mol. The van der Waals surface area contributed by atoms with E-state index in [0.29, 0.717) is 19.4 Å². The van der Waals surface area contributed by atoms with Gasteiger partial charge in [-0.1, -0.05) is 56.5 Å². The summed E-state index contributed by atoms with van der Waals surface area (Å²) in [6, 6.07) is 10.4. The first-order chi connectivity index (χ1) is 11.1. The van der Waals surface area contributed by atoms with Crippen LogP contribution < -0.4 is 5.73 Å². The summed E-state index contributed by atoms with van der Waals surface area (Å²) in [4.78, 5) is 14.6. The van der Waals surface area contributed by atoms with Crippen molar-refractivity contribution in [3.8, 4) is 0 Å². The number of nitrogens with two attached hydrogens (primary N) is 1. The van der Waals surface area contributed by atoms with Crippen molar-refractivity contribution in [2.75, 3.05) is 19.7 Å². The molecule has 1 fully saturated rings. The Labute approximate surface area is 140 Å². The van der Waals surface area contributed by atoms with Crippen molar-refractivity contribution >= 4 is 5.97 Å². The van der Waals surface area contributed by atoms with Crippen molar-refractivity contribution in [3.05, 3.63) is 35.9 Å². The first-order valence-corrected chi connectivity index (χ1v) is 8.86. The fourth-order valence-electron chi connectivity index (χ4n) is 2.99. The molecule has 0 spiro atoms. The number of ether oxygens (including phenoxy) is 1. The molecule has 2 N–H and O–H groups in total. The molecule has 0 aliphatic carbocycles. The van der Waals surface area contributed by atoms with Crippen LogP contribution in [0.5, 0.6) is 0 Å². The maximum atomic E-state index is 12.3. The van der Waals surface area contributed by atoms with Crippen molar-refractivity contribution in [1.82, 2.24) is 4.90 Å². The molecule has 1 heterocycles. The summed E-state index contributed by atoms with van der Waals surface area (Å²) < 4.78 is 5.40. The van der Waals surface area contributed by atoms with E-state index in [2.05, 4.69) is 36.1 Å². The van der Waals surface area contributed by atoms with E-state index < -0.39 is 5.54 Å². The molecule has 128 valence electrons. The lowest BCUT2D eigenvalue weighted by atomic mass is 9.88. The Balaban J connectivity index is 1.72. The number of hydrogen-bond acceptors (Lipinski definition) is 4. The van der Waals surface area contributed by atoms with Crippen LogP contribution in [0.25, 0.3) is 0 Å². The van der Waals surface area contributed by atoms with Gasteiger partial charge in [-0.25, -0.2) is 0 Å². The Bertz CT molecular complexity index is 468. The predicted molar refractivity (Wildman–Crippen MR) is 93.0 cm³/mol. The summed E-state index contributed by atoms with van der Waals surface area (Å²) in [5.74, 6) is -0.214. The fourth-order valence-corrected chi connectivity index (χ4v) is 2.99. The highest BCUT2D eigenvalue weighted by Gasteiger charge is 2.38. The molecule has 4 heteroatoms. The molecule has 0 radical (unpaired) electrons. The maximum Gasteiger partial charge on any atom is 0.326 e. The number of carbonyl (C=O) groups is 1. The van der Waals surface area contributed by atoms with Gasteiger partial charge in [-0.2, -0.15) is 0 Å². The second-order valence-corrected chi connectivity index (χ2v) is 6.61. The number of esters is 1. The number of rotatable bonds is 8. The number of likely N-dealkylation sites (tertiary alicyclic amines) is 1. The maximum absolute atomic E-state index is 12.3. The highest BCUT2D eigenvalue weighted by molar-refractivity contribution is 5.80. The summed E-state index contributed by atoms with van der Waals surface area (Å²) in [6.07, 6.45) is 5.79. The van der Waals surface area contributed by atoms with Gasteiger partial charge in [0, 0.05) is 19.6 Å². The summed E-state index contributed by atoms with van der Waals surface area (Å²) in [6.45, 7) is 5.28. The van der Waals surface area contributed by atoms with Crippen LogP contribution in [-0.4, -0.2) is 36.1 Å². The lowest BCUT2D eigenvalue weighted by molar-refractivity contribution is -0.152. The van der Waals surface area contributed by atoms with Crippen LogP contribution in [0.1, 0.15) is 51.0 Å². The van der Waals surface area contributed by atoms with E-state index in [1.807, 2.05) is 6.07 Å². The quantitative estimate of drug-likeness (QED) is 0.591. The molecule has 0 atom stereocenters. The minimum atomic E-state index is -0.794. The van der Waals surface area contributed by atoms with E-state index in [-0.39, 0.29) is 5.97 Å². The molecule has 0 unspecified atom stereocenters. The summed E-state index contributed by atoms with van der Waals surface area (Å²) in [5, 5.41) is 0. The Hall–Kier alpha value is -1.39. The Morgan fingerprint density at radius 1 is 1.17 bits per heavy atom. The standard InChI is InChI=1S/C19H30N2O2/c1-2-3-4-8-15-23-18(22)19(20)11-13-21(14-12-19)16-17-9-6-5-7-10-17/h5-7,9-10H,2-4,8,11-16,20H2,1H3. The highest BCUT2D eigenvalue weighted by Crippen LogP contribution is 2.22. The van der Waals surface area contributed by atoms with E-state index >= 15 is 0 Å². The van der Waals surface area contributed by atoms with E-state index in [1.165, 1.54) is 18.4 Å². The van der Waals surface area contributed by atoms with Crippen molar-refractivity contribution < 1.29 is 9.53 Å². The average Bonchev–Trinajstić information content (AvgIpc) is 2.58. The summed E-state index contributed by atoms with van der Waals surface area (Å²) in [5.41, 5.74) is 6.81. The van der Waals surface area contributed by atoms with Gasteiger partial charge in [0.15, 0.2) is 0 Å². The van der Waals surface area contributed by atoms with E-state index in [4.69, 9.17) is 10.5 Å². The molecule has 1 aromatic rings. The minimum Gasteiger partial charge on any atom is -0.464 e. The van der Waals surface area contributed by atoms with Gasteiger partial charge < -0.3 is 10.5 Å². The second-order valence-electron chi connectivity index (χ2n) is 6.61. The van der Waals surface area contributed by atoms with Gasteiger partial charge in [-0.05, 0) is 24.8 Å². The molecular weight excluding hydrogens is 288 g/mol. The zero-order chi connectivity index (χ0) is 16.5. The van der Waals surface area contributed by atoms with Gasteiger partial charge in [0.05, 0.1) is 6.61 Å². The van der Waals surface area contributed by atoms with Crippen molar-refractivity contribution in [2.24, 2.45) is 5.73 Å². The lowest BCUT2D eigenvalue weighted by Crippen LogP contribution is -2.56. The lowest BCUT2D eigenvalue weighted by Gasteiger charge is -2.37. The first kappa shape index (κ1) is 18.0. The number of benzene rings is 1. The van der Waals surface area contributed by atoms with Crippen LogP contribution in [0.15, 0.2) is 30.3 Å². The molecule has 1 saturated heterocycles. The Morgan fingerprint density at radius 3 is 2.52 bits per heavy atom. The SMILES string of the molecule is CCCCCCOC(=O)C1(N)CCN(Cc2ccccc2)CC1. The third-order valence-corrected chi connectivity index (χ3v) is 4.63. The third kappa shape index (κ3) is 5.63. The summed E-state index contributed by atoms with van der Waals surface area (Å²) in [7, 11) is 0. The monoisotopic (exact) mass is 318 g/mol. The van der Waals surface area contributed by atoms with E-state index in [1.54, 1.807) is 0 Å². The first-order valence-electron chi connectivity index (χ1n) is 8.86.